The summed E-state index contributed by atoms with van der Waals surface area (Å²) in [4.78, 5) is 0. The normalized spacial score (nSPS) is 20.1. The number of halogens is 3. The van der Waals surface area contributed by atoms with Crippen LogP contribution in [0.25, 0.3) is 0 Å². The molecule has 0 heterocycles. The summed E-state index contributed by atoms with van der Waals surface area (Å²) in [5.41, 5.74) is 10.7. The van der Waals surface area contributed by atoms with Gasteiger partial charge in [0.15, 0.2) is 0 Å². The van der Waals surface area contributed by atoms with Crippen molar-refractivity contribution in [2.24, 2.45) is 11.8 Å². The molecule has 5 heteroatoms. The monoisotopic (exact) mass is 796 g/mol. The number of hydrogen-bond acceptors (Lipinski definition) is 0. The molecule has 0 radical (unpaired) electrons. The minimum absolute atomic E-state index is 0. The zero-order chi connectivity index (χ0) is 35.3. The molecule has 2 aliphatic carbocycles. The van der Waals surface area contributed by atoms with Crippen molar-refractivity contribution in [2.75, 3.05) is 0 Å². The smallest absolute Gasteiger partial charge is 1.00 e. The van der Waals surface area contributed by atoms with Crippen LogP contribution in [-0.4, -0.2) is 8.07 Å². The quantitative estimate of drug-likeness (QED) is 0.219. The first-order valence-corrected chi connectivity index (χ1v) is 21.9. The van der Waals surface area contributed by atoms with Crippen molar-refractivity contribution in [2.45, 2.75) is 142 Å². The second-order valence-electron chi connectivity index (χ2n) is 17.3. The Kier molecular flexibility index (Phi) is 16.3. The molecule has 0 nitrogen and oxygen atoms in total. The van der Waals surface area contributed by atoms with Crippen LogP contribution in [0.5, 0.6) is 0 Å². The zero-order valence-corrected chi connectivity index (χ0v) is 38.4. The minimum Gasteiger partial charge on any atom is -1.00 e. The van der Waals surface area contributed by atoms with Gasteiger partial charge in [-0.15, -0.1) is 0 Å². The summed E-state index contributed by atoms with van der Waals surface area (Å²) in [6.45, 7) is 31.3. The van der Waals surface area contributed by atoms with Gasteiger partial charge in [0.1, 0.15) is 0 Å². The van der Waals surface area contributed by atoms with Gasteiger partial charge in [0.25, 0.3) is 0 Å². The first-order valence-electron chi connectivity index (χ1n) is 19.1. The summed E-state index contributed by atoms with van der Waals surface area (Å²) in [5, 5.41) is 4.86. The Balaban J connectivity index is 0.00000300. The van der Waals surface area contributed by atoms with E-state index in [1.807, 2.05) is 0 Å². The average molecular weight is 798 g/mol. The van der Waals surface area contributed by atoms with E-state index in [9.17, 15) is 0 Å². The molecular weight excluding hydrogens is 735 g/mol. The Labute approximate surface area is 344 Å². The molecule has 276 valence electrons. The van der Waals surface area contributed by atoms with Crippen LogP contribution in [0.15, 0.2) is 78.4 Å². The van der Waals surface area contributed by atoms with Crippen molar-refractivity contribution < 1.29 is 57.7 Å². The molecule has 0 N–H and O–H groups in total. The second kappa shape index (κ2) is 18.1. The topological polar surface area (TPSA) is 0 Å². The van der Waals surface area contributed by atoms with Gasteiger partial charge in [0, 0.05) is 0 Å². The summed E-state index contributed by atoms with van der Waals surface area (Å²) in [5.74, 6) is 3.98. The molecule has 0 spiro atoms. The van der Waals surface area contributed by atoms with E-state index in [2.05, 4.69) is 183 Å². The molecule has 3 atom stereocenters. The van der Waals surface area contributed by atoms with Crippen LogP contribution in [0.4, 0.5) is 0 Å². The maximum absolute atomic E-state index is 2.85. The molecule has 0 saturated heterocycles. The number of benzene rings is 3. The van der Waals surface area contributed by atoms with Gasteiger partial charge in [-0.1, -0.05) is 0 Å². The maximum atomic E-state index is 2.74. The van der Waals surface area contributed by atoms with E-state index in [-0.39, 0.29) is 40.6 Å². The summed E-state index contributed by atoms with van der Waals surface area (Å²) in [6.07, 6.45) is 9.83. The second-order valence-corrected chi connectivity index (χ2v) is 23.3. The van der Waals surface area contributed by atoms with E-state index in [1.165, 1.54) is 46.2 Å². The summed E-state index contributed by atoms with van der Waals surface area (Å²) in [7, 11) is -2.85. The predicted octanol–water partition coefficient (Wildman–Crippen LogP) is 2.70. The largest absolute Gasteiger partial charge is 1.00 e. The van der Waals surface area contributed by atoms with E-state index in [0.717, 1.165) is 0 Å². The van der Waals surface area contributed by atoms with Crippen molar-refractivity contribution in [1.82, 2.24) is 0 Å². The third-order valence-electron chi connectivity index (χ3n) is 11.9. The molecule has 0 aliphatic heterocycles. The van der Waals surface area contributed by atoms with Gasteiger partial charge < -0.3 is 37.2 Å². The molecule has 3 aromatic carbocycles. The third kappa shape index (κ3) is 8.45. The Bertz CT molecular complexity index is 1470. The van der Waals surface area contributed by atoms with Gasteiger partial charge in [-0.2, -0.15) is 0 Å². The van der Waals surface area contributed by atoms with Crippen LogP contribution >= 0.6 is 0 Å². The van der Waals surface area contributed by atoms with E-state index in [0.29, 0.717) is 47.3 Å². The zero-order valence-electron chi connectivity index (χ0n) is 33.6. The summed E-state index contributed by atoms with van der Waals surface area (Å²) >= 11 is 2.74. The molecule has 3 aromatic rings. The fraction of sp³-hybridized carbons (Fsp3) is 0.522. The Morgan fingerprint density at radius 2 is 0.824 bits per heavy atom. The predicted molar refractivity (Wildman–Crippen MR) is 210 cm³/mol. The van der Waals surface area contributed by atoms with Crippen LogP contribution in [0, 0.1) is 11.8 Å². The van der Waals surface area contributed by atoms with Crippen molar-refractivity contribution in [1.29, 1.82) is 0 Å². The minimum atomic E-state index is -2.85. The van der Waals surface area contributed by atoms with Crippen molar-refractivity contribution >= 4 is 23.6 Å². The number of rotatable bonds is 10. The number of allylic oxidation sites excluding steroid dienone is 4. The molecule has 0 aromatic heterocycles. The molecule has 0 amide bonds. The van der Waals surface area contributed by atoms with E-state index < -0.39 is 8.07 Å². The molecule has 1 fully saturated rings. The summed E-state index contributed by atoms with van der Waals surface area (Å²) < 4.78 is -0.0000161. The molecule has 0 bridgehead atoms. The average Bonchev–Trinajstić information content (AvgIpc) is 3.30. The number of hydrogen-bond donors (Lipinski definition) is 0. The molecule has 5 rings (SSSR count). The van der Waals surface area contributed by atoms with Gasteiger partial charge >= 0.3 is 309 Å². The van der Waals surface area contributed by atoms with Gasteiger partial charge in [-0.25, -0.2) is 0 Å². The standard InChI is InChI=1S/C46H63Si.3ClH.Ti/c1-28(2)36-19-37(29(3)4)23-42(22-36)47(46-34(13)18-35-16-14-15-17-45(35)46,43-24-38(30(5)6)20-39(25-43)31(7)8)44-26-40(32(9)10)21-41(27-44)33(11)12;;;;/h14-15,17,19-35H,16,18H2,1-13H3;3*1H;/q;;;;+3/p-3. The maximum Gasteiger partial charge on any atom is -1.00 e. The van der Waals surface area contributed by atoms with Gasteiger partial charge in [-0.05, 0) is 0 Å². The SMILES string of the molecule is CC(C)c1cc(C(C)C)cc([Si](c2cc(C(C)C)cc(C(C)C)c2)(c2cc(C(C)C)cc(C(C)C)c2)[C]2([Ti+3])C3=CC=CCC3CC2C)c1.[Cl-].[Cl-].[Cl-]. The Hall–Kier alpha value is -1.06. The van der Waals surface area contributed by atoms with Gasteiger partial charge in [0.2, 0.25) is 0 Å². The molecule has 51 heavy (non-hydrogen) atoms. The number of fused-ring (bicyclic) bond motifs is 1. The van der Waals surface area contributed by atoms with E-state index >= 15 is 0 Å². The third-order valence-corrected chi connectivity index (χ3v) is 20.3. The van der Waals surface area contributed by atoms with Crippen molar-refractivity contribution in [3.63, 3.8) is 0 Å². The molecular formula is C46H63Cl3SiTi. The molecule has 3 unspecified atom stereocenters. The fourth-order valence-electron chi connectivity index (χ4n) is 8.69. The first kappa shape index (κ1) is 46.1. The van der Waals surface area contributed by atoms with Gasteiger partial charge in [-0.3, -0.25) is 0 Å². The van der Waals surface area contributed by atoms with Crippen LogP contribution in [-0.2, 0) is 20.4 Å². The van der Waals surface area contributed by atoms with Gasteiger partial charge in [0.05, 0.1) is 0 Å². The van der Waals surface area contributed by atoms with E-state index in [4.69, 9.17) is 0 Å². The van der Waals surface area contributed by atoms with Crippen LogP contribution in [0.3, 0.4) is 0 Å². The first-order chi connectivity index (χ1) is 22.5. The van der Waals surface area contributed by atoms with Crippen molar-refractivity contribution in [3.8, 4) is 0 Å². The molecule has 2 aliphatic rings. The summed E-state index contributed by atoms with van der Waals surface area (Å²) in [6, 6.07) is 23.8. The van der Waals surface area contributed by atoms with Crippen LogP contribution in [0.2, 0.25) is 3.34 Å². The fourth-order valence-corrected chi connectivity index (χ4v) is 17.6. The Morgan fingerprint density at radius 1 is 0.529 bits per heavy atom. The molecule has 1 saturated carbocycles. The van der Waals surface area contributed by atoms with Crippen LogP contribution < -0.4 is 52.8 Å². The Morgan fingerprint density at radius 3 is 1.10 bits per heavy atom. The van der Waals surface area contributed by atoms with Crippen molar-refractivity contribution in [3.05, 3.63) is 112 Å². The van der Waals surface area contributed by atoms with Crippen LogP contribution in [0.1, 0.15) is 172 Å². The van der Waals surface area contributed by atoms with E-state index in [1.54, 1.807) is 21.1 Å².